The van der Waals surface area contributed by atoms with Crippen LogP contribution in [0, 0.1) is 0 Å². The molecule has 440 valence electrons. The van der Waals surface area contributed by atoms with Gasteiger partial charge in [0.1, 0.15) is 13.2 Å². The highest BCUT2D eigenvalue weighted by Crippen LogP contribution is 2.43. The van der Waals surface area contributed by atoms with E-state index in [1.807, 2.05) is 27.2 Å². The van der Waals surface area contributed by atoms with Crippen molar-refractivity contribution >= 4 is 13.7 Å². The maximum absolute atomic E-state index is 13.0. The molecule has 3 atom stereocenters. The number of nitrogens with one attached hydrogen (secondary N) is 1. The highest BCUT2D eigenvalue weighted by atomic mass is 31.2. The van der Waals surface area contributed by atoms with Crippen LogP contribution in [0.5, 0.6) is 0 Å². The van der Waals surface area contributed by atoms with Gasteiger partial charge in [-0.15, -0.1) is 0 Å². The summed E-state index contributed by atoms with van der Waals surface area (Å²) < 4.78 is 23.7. The summed E-state index contributed by atoms with van der Waals surface area (Å²) in [7, 11) is 1.54. The summed E-state index contributed by atoms with van der Waals surface area (Å²) in [5.74, 6) is -0.210. The lowest BCUT2D eigenvalue weighted by molar-refractivity contribution is -0.870. The van der Waals surface area contributed by atoms with Crippen LogP contribution >= 0.6 is 7.82 Å². The minimum Gasteiger partial charge on any atom is -0.387 e. The van der Waals surface area contributed by atoms with E-state index < -0.39 is 20.0 Å². The maximum Gasteiger partial charge on any atom is 0.472 e. The Morgan fingerprint density at radius 3 is 1.16 bits per heavy atom. The molecule has 0 bridgehead atoms. The van der Waals surface area contributed by atoms with Crippen LogP contribution in [0.15, 0.2) is 97.2 Å². The maximum atomic E-state index is 13.0. The fourth-order valence-electron chi connectivity index (χ4n) is 8.91. The second kappa shape index (κ2) is 57.1. The molecule has 0 saturated carbocycles. The van der Waals surface area contributed by atoms with Crippen molar-refractivity contribution < 1.29 is 32.9 Å². The molecule has 0 aliphatic carbocycles. The average Bonchev–Trinajstić information content (AvgIpc) is 3.38. The summed E-state index contributed by atoms with van der Waals surface area (Å²) in [5.41, 5.74) is 0. The minimum atomic E-state index is -4.37. The first kappa shape index (κ1) is 73.4. The number of aliphatic hydroxyl groups is 1. The molecule has 1 amide bonds. The number of allylic oxidation sites excluding steroid dienone is 15. The van der Waals surface area contributed by atoms with Gasteiger partial charge in [-0.25, -0.2) is 4.57 Å². The molecular formula is C67H122N2O6P+. The van der Waals surface area contributed by atoms with Crippen LogP contribution in [0.1, 0.15) is 271 Å². The van der Waals surface area contributed by atoms with Crippen LogP contribution in [0.4, 0.5) is 0 Å². The van der Waals surface area contributed by atoms with Crippen molar-refractivity contribution in [3.8, 4) is 0 Å². The predicted octanol–water partition coefficient (Wildman–Crippen LogP) is 19.8. The van der Waals surface area contributed by atoms with Crippen molar-refractivity contribution in [2.45, 2.75) is 283 Å². The molecule has 0 aliphatic rings. The molecule has 8 nitrogen and oxygen atoms in total. The summed E-state index contributed by atoms with van der Waals surface area (Å²) in [6.07, 6.45) is 82.4. The number of aliphatic hydroxyl groups excluding tert-OH is 1. The lowest BCUT2D eigenvalue weighted by Crippen LogP contribution is -2.45. The van der Waals surface area contributed by atoms with Crippen molar-refractivity contribution in [2.75, 3.05) is 40.9 Å². The van der Waals surface area contributed by atoms with Crippen molar-refractivity contribution in [3.63, 3.8) is 0 Å². The third-order valence-corrected chi connectivity index (χ3v) is 14.8. The number of carbonyl (C=O) groups excluding carboxylic acids is 1. The molecule has 76 heavy (non-hydrogen) atoms. The Kier molecular flexibility index (Phi) is 55.2. The second-order valence-electron chi connectivity index (χ2n) is 22.4. The zero-order valence-electron chi connectivity index (χ0n) is 50.2. The van der Waals surface area contributed by atoms with Gasteiger partial charge in [-0.3, -0.25) is 13.8 Å². The Hall–Kier alpha value is -2.58. The number of phosphoric acid groups is 1. The van der Waals surface area contributed by atoms with Crippen molar-refractivity contribution in [1.82, 2.24) is 5.32 Å². The SMILES string of the molecule is CC/C=C\C/C=C\C/C=C\C/C=C\C/C=C\C/C=C\C/C=C\CCCCCC(=O)NC(COP(=O)(O)OCC[N+](C)(C)C)C(O)/C=C/CCCCCCCCCCCCCCCCCCCCCCCCCCCCC. The van der Waals surface area contributed by atoms with Crippen molar-refractivity contribution in [3.05, 3.63) is 97.2 Å². The van der Waals surface area contributed by atoms with E-state index in [1.54, 1.807) is 6.08 Å². The van der Waals surface area contributed by atoms with Crippen molar-refractivity contribution in [2.24, 2.45) is 0 Å². The number of carbonyl (C=O) groups is 1. The number of hydrogen-bond donors (Lipinski definition) is 3. The number of likely N-dealkylation sites (N-methyl/N-ethyl adjacent to an activating group) is 1. The normalized spacial score (nSPS) is 14.5. The van der Waals surface area contributed by atoms with Crippen LogP contribution in [-0.2, 0) is 18.4 Å². The highest BCUT2D eigenvalue weighted by molar-refractivity contribution is 7.47. The van der Waals surface area contributed by atoms with Crippen LogP contribution in [-0.4, -0.2) is 73.4 Å². The molecule has 0 aliphatic heterocycles. The predicted molar refractivity (Wildman–Crippen MR) is 332 cm³/mol. The van der Waals surface area contributed by atoms with Crippen LogP contribution in [0.3, 0.4) is 0 Å². The lowest BCUT2D eigenvalue weighted by atomic mass is 10.0. The lowest BCUT2D eigenvalue weighted by Gasteiger charge is -2.25. The number of quaternary nitrogens is 1. The molecule has 0 rings (SSSR count). The number of amides is 1. The Morgan fingerprint density at radius 1 is 0.461 bits per heavy atom. The Balaban J connectivity index is 4.23. The van der Waals surface area contributed by atoms with Gasteiger partial charge in [0, 0.05) is 6.42 Å². The van der Waals surface area contributed by atoms with Crippen molar-refractivity contribution in [1.29, 1.82) is 0 Å². The van der Waals surface area contributed by atoms with Gasteiger partial charge in [0.15, 0.2) is 0 Å². The summed E-state index contributed by atoms with van der Waals surface area (Å²) in [6.45, 7) is 4.69. The molecule has 0 aromatic rings. The smallest absolute Gasteiger partial charge is 0.387 e. The van der Waals surface area contributed by atoms with Gasteiger partial charge in [-0.2, -0.15) is 0 Å². The zero-order valence-corrected chi connectivity index (χ0v) is 51.1. The Bertz CT molecular complexity index is 1560. The standard InChI is InChI=1S/C67H121N2O6P/c1-6-8-10-12-14-16-18-20-22-24-26-28-30-32-33-34-35-37-38-40-42-44-46-48-50-52-54-56-58-60-66(70)65(64-75-76(72,73)74-63-62-69(3,4)5)68-67(71)61-59-57-55-53-51-49-47-45-43-41-39-36-31-29-27-25-23-21-19-17-15-13-11-9-7-2/h9,11,15,17,21,23,27,29,36,39,43,45,49,51,58,60,65-66,70H,6-8,10,12-14,16,18-20,22,24-26,28,30-35,37-38,40-42,44,46-48,50,52-57,59,61-64H2,1-5H3,(H-,68,71,72,73)/p+1/b11-9-,17-15-,23-21-,29-27-,39-36-,45-43-,51-49-,60-58+. The van der Waals surface area contributed by atoms with Gasteiger partial charge in [0.2, 0.25) is 5.91 Å². The van der Waals surface area contributed by atoms with Crippen LogP contribution in [0.25, 0.3) is 0 Å². The van der Waals surface area contributed by atoms with Gasteiger partial charge in [0.05, 0.1) is 39.9 Å². The number of phosphoric ester groups is 1. The molecule has 0 radical (unpaired) electrons. The third kappa shape index (κ3) is 59.1. The second-order valence-corrected chi connectivity index (χ2v) is 23.9. The van der Waals surface area contributed by atoms with Gasteiger partial charge >= 0.3 is 7.82 Å². The van der Waals surface area contributed by atoms with E-state index in [-0.39, 0.29) is 19.1 Å². The molecule has 0 saturated heterocycles. The number of unbranched alkanes of at least 4 members (excludes halogenated alkanes) is 30. The molecular weight excluding hydrogens is 960 g/mol. The summed E-state index contributed by atoms with van der Waals surface area (Å²) in [6, 6.07) is -0.873. The molecule has 0 fully saturated rings. The molecule has 9 heteroatoms. The first-order chi connectivity index (χ1) is 37.0. The fourth-order valence-corrected chi connectivity index (χ4v) is 9.64. The van der Waals surface area contributed by atoms with E-state index >= 15 is 0 Å². The first-order valence-electron chi connectivity index (χ1n) is 31.6. The van der Waals surface area contributed by atoms with E-state index in [9.17, 15) is 19.4 Å². The average molecular weight is 1080 g/mol. The van der Waals surface area contributed by atoms with Gasteiger partial charge < -0.3 is 19.8 Å². The topological polar surface area (TPSA) is 105 Å². The minimum absolute atomic E-state index is 0.0497. The molecule has 0 aromatic heterocycles. The van der Waals surface area contributed by atoms with Crippen LogP contribution < -0.4 is 5.32 Å². The monoisotopic (exact) mass is 1080 g/mol. The number of nitrogens with zero attached hydrogens (tertiary/aromatic N) is 1. The number of hydrogen-bond acceptors (Lipinski definition) is 5. The quantitative estimate of drug-likeness (QED) is 0.0243. The van der Waals surface area contributed by atoms with Gasteiger partial charge in [0.25, 0.3) is 0 Å². The highest BCUT2D eigenvalue weighted by Gasteiger charge is 2.27. The summed E-state index contributed by atoms with van der Waals surface area (Å²) >= 11 is 0. The summed E-state index contributed by atoms with van der Waals surface area (Å²) in [5, 5.41) is 14.0. The number of rotatable bonds is 57. The Morgan fingerprint density at radius 2 is 0.789 bits per heavy atom. The molecule has 0 spiro atoms. The van der Waals surface area contributed by atoms with Gasteiger partial charge in [-0.05, 0) is 77.0 Å². The van der Waals surface area contributed by atoms with E-state index in [0.29, 0.717) is 17.4 Å². The van der Waals surface area contributed by atoms with Gasteiger partial charge in [-0.1, -0.05) is 284 Å². The molecule has 3 unspecified atom stereocenters. The fraction of sp³-hybridized carbons (Fsp3) is 0.746. The molecule has 0 heterocycles. The van der Waals surface area contributed by atoms with E-state index in [4.69, 9.17) is 9.05 Å². The zero-order chi connectivity index (χ0) is 55.6. The Labute approximate surface area is 470 Å². The summed E-state index contributed by atoms with van der Waals surface area (Å²) in [4.78, 5) is 23.3. The first-order valence-corrected chi connectivity index (χ1v) is 33.1. The largest absolute Gasteiger partial charge is 0.472 e. The molecule has 3 N–H and O–H groups in total. The van der Waals surface area contributed by atoms with E-state index in [1.165, 1.54) is 161 Å². The van der Waals surface area contributed by atoms with E-state index in [2.05, 4.69) is 104 Å². The van der Waals surface area contributed by atoms with Crippen LogP contribution in [0.2, 0.25) is 0 Å². The third-order valence-electron chi connectivity index (χ3n) is 13.8. The van der Waals surface area contributed by atoms with E-state index in [0.717, 1.165) is 89.9 Å². The molecule has 0 aromatic carbocycles.